The highest BCUT2D eigenvalue weighted by atomic mass is 16.5. The van der Waals surface area contributed by atoms with Crippen molar-refractivity contribution < 1.29 is 19.4 Å². The van der Waals surface area contributed by atoms with Crippen LogP contribution in [0.3, 0.4) is 0 Å². The molecule has 6 nitrogen and oxygen atoms in total. The number of rotatable bonds is 7. The molecule has 0 aromatic heterocycles. The normalized spacial score (nSPS) is 22.5. The Morgan fingerprint density at radius 2 is 2.16 bits per heavy atom. The minimum Gasteiger partial charge on any atom is -0.480 e. The number of carbonyl (C=O) groups is 2. The summed E-state index contributed by atoms with van der Waals surface area (Å²) in [6, 6.07) is -1.02. The van der Waals surface area contributed by atoms with Crippen LogP contribution in [0.2, 0.25) is 0 Å². The molecule has 110 valence electrons. The summed E-state index contributed by atoms with van der Waals surface area (Å²) in [6.07, 6.45) is 2.83. The van der Waals surface area contributed by atoms with Gasteiger partial charge in [-0.2, -0.15) is 0 Å². The number of likely N-dealkylation sites (tertiary alicyclic amines) is 1. The molecule has 0 radical (unpaired) electrons. The summed E-state index contributed by atoms with van der Waals surface area (Å²) < 4.78 is 5.33. The van der Waals surface area contributed by atoms with Gasteiger partial charge in [-0.25, -0.2) is 9.59 Å². The summed E-state index contributed by atoms with van der Waals surface area (Å²) >= 11 is 0. The van der Waals surface area contributed by atoms with Crippen LogP contribution in [0, 0.1) is 5.92 Å². The number of urea groups is 1. The first-order valence-electron chi connectivity index (χ1n) is 6.93. The molecule has 1 saturated heterocycles. The first-order chi connectivity index (χ1) is 9.07. The lowest BCUT2D eigenvalue weighted by Crippen LogP contribution is -2.48. The molecule has 1 fully saturated rings. The Bertz CT molecular complexity index is 309. The van der Waals surface area contributed by atoms with Crippen LogP contribution >= 0.6 is 0 Å². The van der Waals surface area contributed by atoms with Gasteiger partial charge < -0.3 is 20.1 Å². The van der Waals surface area contributed by atoms with E-state index >= 15 is 0 Å². The highest BCUT2D eigenvalue weighted by molar-refractivity contribution is 5.83. The van der Waals surface area contributed by atoms with Crippen LogP contribution in [0.5, 0.6) is 0 Å². The van der Waals surface area contributed by atoms with Crippen LogP contribution in [0.4, 0.5) is 4.79 Å². The summed E-state index contributed by atoms with van der Waals surface area (Å²) in [4.78, 5) is 24.4. The van der Waals surface area contributed by atoms with Gasteiger partial charge in [0.05, 0.1) is 6.61 Å². The van der Waals surface area contributed by atoms with E-state index in [1.807, 2.05) is 6.92 Å². The van der Waals surface area contributed by atoms with E-state index in [0.29, 0.717) is 26.3 Å². The van der Waals surface area contributed by atoms with Gasteiger partial charge in [-0.15, -0.1) is 0 Å². The van der Waals surface area contributed by atoms with Gasteiger partial charge in [0.15, 0.2) is 0 Å². The summed E-state index contributed by atoms with van der Waals surface area (Å²) in [5.41, 5.74) is 0. The molecule has 6 heteroatoms. The Hall–Kier alpha value is -1.30. The third-order valence-electron chi connectivity index (χ3n) is 3.38. The number of carboxylic acids is 1. The zero-order valence-corrected chi connectivity index (χ0v) is 11.7. The van der Waals surface area contributed by atoms with E-state index < -0.39 is 12.0 Å². The fourth-order valence-electron chi connectivity index (χ4n) is 2.23. The van der Waals surface area contributed by atoms with E-state index in [0.717, 1.165) is 19.3 Å². The molecule has 19 heavy (non-hydrogen) atoms. The molecule has 2 unspecified atom stereocenters. The van der Waals surface area contributed by atoms with Gasteiger partial charge in [-0.3, -0.25) is 0 Å². The lowest BCUT2D eigenvalue weighted by Gasteiger charge is -2.23. The monoisotopic (exact) mass is 272 g/mol. The smallest absolute Gasteiger partial charge is 0.326 e. The number of nitrogens with zero attached hydrogens (tertiary/aromatic N) is 1. The lowest BCUT2D eigenvalue weighted by molar-refractivity contribution is -0.142. The fourth-order valence-corrected chi connectivity index (χ4v) is 2.23. The van der Waals surface area contributed by atoms with Crippen LogP contribution in [-0.4, -0.2) is 54.4 Å². The van der Waals surface area contributed by atoms with Crippen LogP contribution in [-0.2, 0) is 9.53 Å². The Balaban J connectivity index is 2.27. The summed E-state index contributed by atoms with van der Waals surface area (Å²) in [6.45, 7) is 6.03. The molecule has 2 N–H and O–H groups in total. The van der Waals surface area contributed by atoms with Gasteiger partial charge in [-0.1, -0.05) is 20.3 Å². The quantitative estimate of drug-likeness (QED) is 0.685. The first kappa shape index (κ1) is 15.8. The molecule has 0 spiro atoms. The Kier molecular flexibility index (Phi) is 6.62. The predicted octanol–water partition coefficient (Wildman–Crippen LogP) is 1.31. The first-order valence-corrected chi connectivity index (χ1v) is 6.93. The third-order valence-corrected chi connectivity index (χ3v) is 3.38. The van der Waals surface area contributed by atoms with E-state index in [1.54, 1.807) is 0 Å². The molecule has 0 aromatic rings. The van der Waals surface area contributed by atoms with Crippen molar-refractivity contribution in [1.82, 2.24) is 10.2 Å². The van der Waals surface area contributed by atoms with Crippen LogP contribution < -0.4 is 5.32 Å². The Morgan fingerprint density at radius 3 is 2.79 bits per heavy atom. The number of nitrogens with one attached hydrogen (secondary N) is 1. The predicted molar refractivity (Wildman–Crippen MR) is 71.0 cm³/mol. The van der Waals surface area contributed by atoms with E-state index in [2.05, 4.69) is 12.2 Å². The number of amides is 2. The van der Waals surface area contributed by atoms with Crippen molar-refractivity contribution in [3.8, 4) is 0 Å². The second kappa shape index (κ2) is 7.99. The average Bonchev–Trinajstić information content (AvgIpc) is 2.75. The van der Waals surface area contributed by atoms with Crippen molar-refractivity contribution in [2.75, 3.05) is 26.3 Å². The maximum absolute atomic E-state index is 11.9. The average molecular weight is 272 g/mol. The van der Waals surface area contributed by atoms with E-state index in [4.69, 9.17) is 9.84 Å². The second-order valence-electron chi connectivity index (χ2n) is 4.94. The van der Waals surface area contributed by atoms with Crippen LogP contribution in [0.1, 0.15) is 33.1 Å². The fraction of sp³-hybridized carbons (Fsp3) is 0.846. The highest BCUT2D eigenvalue weighted by Crippen LogP contribution is 2.23. The maximum Gasteiger partial charge on any atom is 0.326 e. The Labute approximate surface area is 114 Å². The molecular formula is C13H24N2O4. The van der Waals surface area contributed by atoms with Gasteiger partial charge >= 0.3 is 12.0 Å². The molecule has 0 bridgehead atoms. The number of aliphatic carboxylic acids is 1. The van der Waals surface area contributed by atoms with Crippen molar-refractivity contribution in [3.05, 3.63) is 0 Å². The molecule has 1 heterocycles. The number of hydrogen-bond donors (Lipinski definition) is 2. The van der Waals surface area contributed by atoms with Crippen molar-refractivity contribution in [1.29, 1.82) is 0 Å². The van der Waals surface area contributed by atoms with Gasteiger partial charge in [0.2, 0.25) is 0 Å². The lowest BCUT2D eigenvalue weighted by atomic mass is 10.0. The maximum atomic E-state index is 11.9. The zero-order valence-electron chi connectivity index (χ0n) is 11.7. The van der Waals surface area contributed by atoms with Gasteiger partial charge in [0.25, 0.3) is 0 Å². The topological polar surface area (TPSA) is 78.9 Å². The number of carboxylic acid groups (broad SMARTS) is 1. The minimum absolute atomic E-state index is 0.00375. The standard InChI is InChI=1S/C13H24N2O4/c1-3-4-8-19-9-6-14-13(18)15-7-5-10(2)11(15)12(16)17/h10-11H,3-9H2,1-2H3,(H,14,18)(H,16,17). The van der Waals surface area contributed by atoms with Crippen molar-refractivity contribution in [2.45, 2.75) is 39.2 Å². The Morgan fingerprint density at radius 1 is 1.42 bits per heavy atom. The SMILES string of the molecule is CCCCOCCNC(=O)N1CCC(C)C1C(=O)O. The highest BCUT2D eigenvalue weighted by Gasteiger charge is 2.39. The summed E-state index contributed by atoms with van der Waals surface area (Å²) in [5, 5.41) is 11.8. The number of carbonyl (C=O) groups excluding carboxylic acids is 1. The molecule has 0 aromatic carbocycles. The molecule has 1 aliphatic heterocycles. The minimum atomic E-state index is -0.931. The molecule has 1 rings (SSSR count). The molecule has 1 aliphatic rings. The number of unbranched alkanes of at least 4 members (excludes halogenated alkanes) is 1. The number of hydrogen-bond acceptors (Lipinski definition) is 3. The van der Waals surface area contributed by atoms with Crippen molar-refractivity contribution in [3.63, 3.8) is 0 Å². The summed E-state index contributed by atoms with van der Waals surface area (Å²) in [7, 11) is 0. The van der Waals surface area contributed by atoms with Crippen LogP contribution in [0.25, 0.3) is 0 Å². The number of ether oxygens (including phenoxy) is 1. The third kappa shape index (κ3) is 4.70. The molecular weight excluding hydrogens is 248 g/mol. The molecule has 2 amide bonds. The van der Waals surface area contributed by atoms with Crippen molar-refractivity contribution in [2.24, 2.45) is 5.92 Å². The van der Waals surface area contributed by atoms with Gasteiger partial charge in [0, 0.05) is 19.7 Å². The van der Waals surface area contributed by atoms with Crippen molar-refractivity contribution >= 4 is 12.0 Å². The van der Waals surface area contributed by atoms with E-state index in [9.17, 15) is 9.59 Å². The van der Waals surface area contributed by atoms with Crippen LogP contribution in [0.15, 0.2) is 0 Å². The molecule has 2 atom stereocenters. The second-order valence-corrected chi connectivity index (χ2v) is 4.94. The molecule has 0 aliphatic carbocycles. The van der Waals surface area contributed by atoms with E-state index in [-0.39, 0.29) is 11.9 Å². The van der Waals surface area contributed by atoms with Gasteiger partial charge in [0.1, 0.15) is 6.04 Å². The zero-order chi connectivity index (χ0) is 14.3. The van der Waals surface area contributed by atoms with Gasteiger partial charge in [-0.05, 0) is 18.8 Å². The molecule has 0 saturated carbocycles. The largest absolute Gasteiger partial charge is 0.480 e. The summed E-state index contributed by atoms with van der Waals surface area (Å²) in [5.74, 6) is -0.927. The van der Waals surface area contributed by atoms with E-state index in [1.165, 1.54) is 4.90 Å².